The summed E-state index contributed by atoms with van der Waals surface area (Å²) in [6.45, 7) is -1.14. The molecule has 0 spiro atoms. The molecule has 0 aromatic heterocycles. The highest BCUT2D eigenvalue weighted by Gasteiger charge is 2.29. The number of alkyl halides is 3. The van der Waals surface area contributed by atoms with Gasteiger partial charge in [0.2, 0.25) is 0 Å². The lowest BCUT2D eigenvalue weighted by molar-refractivity contribution is -0.144. The van der Waals surface area contributed by atoms with Gasteiger partial charge in [0.05, 0.1) is 6.54 Å². The maximum atomic E-state index is 13.2. The van der Waals surface area contributed by atoms with Gasteiger partial charge in [0.25, 0.3) is 0 Å². The number of nitrogens with zero attached hydrogens (tertiary/aromatic N) is 1. The summed E-state index contributed by atoms with van der Waals surface area (Å²) in [7, 11) is 1.30. The van der Waals surface area contributed by atoms with E-state index < -0.39 is 18.5 Å². The molecule has 0 aliphatic heterocycles. The summed E-state index contributed by atoms with van der Waals surface area (Å²) >= 11 is 3.14. The second-order valence-corrected chi connectivity index (χ2v) is 4.44. The van der Waals surface area contributed by atoms with Gasteiger partial charge in [-0.2, -0.15) is 13.2 Å². The van der Waals surface area contributed by atoms with Crippen LogP contribution in [-0.4, -0.2) is 24.7 Å². The van der Waals surface area contributed by atoms with Gasteiger partial charge in [-0.3, -0.25) is 4.90 Å². The van der Waals surface area contributed by atoms with Crippen LogP contribution in [0.5, 0.6) is 0 Å². The lowest BCUT2D eigenvalue weighted by Gasteiger charge is -2.18. The van der Waals surface area contributed by atoms with Crippen LogP contribution in [0.25, 0.3) is 0 Å². The molecule has 0 atom stereocenters. The average molecular weight is 300 g/mol. The van der Waals surface area contributed by atoms with Gasteiger partial charge in [-0.25, -0.2) is 4.39 Å². The fourth-order valence-electron chi connectivity index (χ4n) is 1.32. The van der Waals surface area contributed by atoms with Gasteiger partial charge in [0, 0.05) is 16.6 Å². The Morgan fingerprint density at radius 2 is 1.94 bits per heavy atom. The molecule has 0 saturated carbocycles. The van der Waals surface area contributed by atoms with E-state index in [0.717, 1.165) is 4.90 Å². The molecule has 1 nitrogen and oxygen atoms in total. The summed E-state index contributed by atoms with van der Waals surface area (Å²) in [6, 6.07) is 4.20. The predicted molar refractivity (Wildman–Crippen MR) is 56.5 cm³/mol. The summed E-state index contributed by atoms with van der Waals surface area (Å²) in [4.78, 5) is 1.02. The van der Waals surface area contributed by atoms with Crippen LogP contribution in [-0.2, 0) is 6.54 Å². The Morgan fingerprint density at radius 1 is 1.31 bits per heavy atom. The minimum Gasteiger partial charge on any atom is -0.294 e. The van der Waals surface area contributed by atoms with Crippen molar-refractivity contribution in [3.8, 4) is 0 Å². The molecule has 0 heterocycles. The van der Waals surface area contributed by atoms with E-state index in [1.165, 1.54) is 25.2 Å². The zero-order valence-electron chi connectivity index (χ0n) is 8.48. The molecule has 1 aromatic carbocycles. The molecule has 16 heavy (non-hydrogen) atoms. The Kier molecular flexibility index (Phi) is 4.32. The van der Waals surface area contributed by atoms with E-state index in [1.807, 2.05) is 0 Å². The van der Waals surface area contributed by atoms with Gasteiger partial charge in [0.1, 0.15) is 5.82 Å². The second kappa shape index (κ2) is 5.14. The van der Waals surface area contributed by atoms with Gasteiger partial charge >= 0.3 is 6.18 Å². The zero-order chi connectivity index (χ0) is 12.3. The molecule has 1 rings (SSSR count). The summed E-state index contributed by atoms with van der Waals surface area (Å²) in [5, 5.41) is 0. The third-order valence-electron chi connectivity index (χ3n) is 1.90. The normalized spacial score (nSPS) is 12.2. The van der Waals surface area contributed by atoms with E-state index in [9.17, 15) is 17.6 Å². The molecule has 0 unspecified atom stereocenters. The monoisotopic (exact) mass is 299 g/mol. The molecular weight excluding hydrogens is 290 g/mol. The van der Waals surface area contributed by atoms with Crippen molar-refractivity contribution in [3.05, 3.63) is 34.1 Å². The molecule has 90 valence electrons. The number of rotatable bonds is 3. The van der Waals surface area contributed by atoms with Gasteiger partial charge < -0.3 is 0 Å². The zero-order valence-corrected chi connectivity index (χ0v) is 10.1. The first kappa shape index (κ1) is 13.4. The Hall–Kier alpha value is -0.620. The molecule has 0 saturated heterocycles. The Bertz CT molecular complexity index is 364. The quantitative estimate of drug-likeness (QED) is 0.771. The molecule has 0 fully saturated rings. The van der Waals surface area contributed by atoms with Crippen LogP contribution >= 0.6 is 15.9 Å². The highest BCUT2D eigenvalue weighted by molar-refractivity contribution is 9.10. The second-order valence-electron chi connectivity index (χ2n) is 3.52. The Labute approximate surface area is 99.2 Å². The molecule has 0 radical (unpaired) electrons. The predicted octanol–water partition coefficient (Wildman–Crippen LogP) is 3.58. The van der Waals surface area contributed by atoms with E-state index in [1.54, 1.807) is 0 Å². The van der Waals surface area contributed by atoms with Crippen molar-refractivity contribution in [2.45, 2.75) is 12.7 Å². The van der Waals surface area contributed by atoms with E-state index in [-0.39, 0.29) is 12.1 Å². The summed E-state index contributed by atoms with van der Waals surface area (Å²) in [5.74, 6) is -0.503. The molecule has 0 N–H and O–H groups in total. The smallest absolute Gasteiger partial charge is 0.294 e. The SMILES string of the molecule is CN(Cc1cc(Br)ccc1F)CC(F)(F)F. The number of benzene rings is 1. The van der Waals surface area contributed by atoms with Crippen molar-refractivity contribution < 1.29 is 17.6 Å². The highest BCUT2D eigenvalue weighted by Crippen LogP contribution is 2.20. The fraction of sp³-hybridized carbons (Fsp3) is 0.400. The molecule has 6 heteroatoms. The summed E-state index contributed by atoms with van der Waals surface area (Å²) < 4.78 is 50.0. The first-order valence-electron chi connectivity index (χ1n) is 4.47. The van der Waals surface area contributed by atoms with Crippen LogP contribution in [0.1, 0.15) is 5.56 Å². The molecular formula is C10H10BrF4N. The first-order chi connectivity index (χ1) is 7.28. The summed E-state index contributed by atoms with van der Waals surface area (Å²) in [6.07, 6.45) is -4.27. The fourth-order valence-corrected chi connectivity index (χ4v) is 1.73. The number of hydrogen-bond acceptors (Lipinski definition) is 1. The minimum absolute atomic E-state index is 0.0786. The van der Waals surface area contributed by atoms with Gasteiger partial charge in [0.15, 0.2) is 0 Å². The van der Waals surface area contributed by atoms with Crippen LogP contribution < -0.4 is 0 Å². The van der Waals surface area contributed by atoms with Crippen LogP contribution in [0, 0.1) is 5.82 Å². The lowest BCUT2D eigenvalue weighted by atomic mass is 10.2. The molecule has 0 aliphatic rings. The Morgan fingerprint density at radius 3 is 2.50 bits per heavy atom. The molecule has 0 amide bonds. The van der Waals surface area contributed by atoms with Crippen LogP contribution in [0.15, 0.2) is 22.7 Å². The van der Waals surface area contributed by atoms with Crippen molar-refractivity contribution in [1.29, 1.82) is 0 Å². The van der Waals surface area contributed by atoms with Crippen LogP contribution in [0.2, 0.25) is 0 Å². The summed E-state index contributed by atoms with van der Waals surface area (Å²) in [5.41, 5.74) is 0.237. The van der Waals surface area contributed by atoms with E-state index in [4.69, 9.17) is 0 Å². The Balaban J connectivity index is 2.69. The van der Waals surface area contributed by atoms with Crippen LogP contribution in [0.3, 0.4) is 0 Å². The minimum atomic E-state index is -4.27. The van der Waals surface area contributed by atoms with Gasteiger partial charge in [-0.05, 0) is 25.2 Å². The van der Waals surface area contributed by atoms with Crippen molar-refractivity contribution in [3.63, 3.8) is 0 Å². The number of hydrogen-bond donors (Lipinski definition) is 0. The largest absolute Gasteiger partial charge is 0.401 e. The van der Waals surface area contributed by atoms with Crippen LogP contribution in [0.4, 0.5) is 17.6 Å². The highest BCUT2D eigenvalue weighted by atomic mass is 79.9. The number of halogens is 5. The van der Waals surface area contributed by atoms with Crippen molar-refractivity contribution in [2.24, 2.45) is 0 Å². The average Bonchev–Trinajstić information content (AvgIpc) is 2.08. The maximum Gasteiger partial charge on any atom is 0.401 e. The standard InChI is InChI=1S/C10H10BrF4N/c1-16(6-10(13,14)15)5-7-4-8(11)2-3-9(7)12/h2-4H,5-6H2,1H3. The van der Waals surface area contributed by atoms with Crippen molar-refractivity contribution in [1.82, 2.24) is 4.90 Å². The van der Waals surface area contributed by atoms with Gasteiger partial charge in [-0.1, -0.05) is 15.9 Å². The van der Waals surface area contributed by atoms with Crippen molar-refractivity contribution in [2.75, 3.05) is 13.6 Å². The van der Waals surface area contributed by atoms with E-state index in [2.05, 4.69) is 15.9 Å². The molecule has 1 aromatic rings. The third-order valence-corrected chi connectivity index (χ3v) is 2.39. The lowest BCUT2D eigenvalue weighted by Crippen LogP contribution is -2.30. The topological polar surface area (TPSA) is 3.24 Å². The molecule has 0 bridgehead atoms. The van der Waals surface area contributed by atoms with Crippen molar-refractivity contribution >= 4 is 15.9 Å². The van der Waals surface area contributed by atoms with E-state index >= 15 is 0 Å². The maximum absolute atomic E-state index is 13.2. The molecule has 0 aliphatic carbocycles. The first-order valence-corrected chi connectivity index (χ1v) is 5.26. The van der Waals surface area contributed by atoms with Gasteiger partial charge in [-0.15, -0.1) is 0 Å². The third kappa shape index (κ3) is 4.49. The van der Waals surface area contributed by atoms with E-state index in [0.29, 0.717) is 4.47 Å².